The van der Waals surface area contributed by atoms with Crippen molar-refractivity contribution in [1.82, 2.24) is 15.1 Å². The van der Waals surface area contributed by atoms with Crippen molar-refractivity contribution in [2.75, 3.05) is 37.6 Å². The second-order valence-corrected chi connectivity index (χ2v) is 11.4. The van der Waals surface area contributed by atoms with E-state index in [-0.39, 0.29) is 56.0 Å². The molecule has 3 aliphatic rings. The molecule has 0 aliphatic carbocycles. The third-order valence-corrected chi connectivity index (χ3v) is 8.80. The minimum absolute atomic E-state index is 0.00987. The van der Waals surface area contributed by atoms with E-state index >= 15 is 4.39 Å². The maximum atomic E-state index is 15.4. The van der Waals surface area contributed by atoms with Crippen molar-refractivity contribution in [3.8, 4) is 11.8 Å². The highest BCUT2D eigenvalue weighted by Gasteiger charge is 2.40. The number of piperazine rings is 1. The van der Waals surface area contributed by atoms with Gasteiger partial charge in [-0.1, -0.05) is 18.2 Å². The number of nitrogens with one attached hydrogen (secondary N) is 1. The summed E-state index contributed by atoms with van der Waals surface area (Å²) in [5.41, 5.74) is 8.98. The molecule has 232 valence electrons. The van der Waals surface area contributed by atoms with Crippen LogP contribution in [-0.4, -0.2) is 66.3 Å². The molecule has 3 heterocycles. The number of anilines is 1. The van der Waals surface area contributed by atoms with Crippen LogP contribution in [-0.2, 0) is 22.7 Å². The molecule has 0 aromatic heterocycles. The quantitative estimate of drug-likeness (QED) is 0.371. The van der Waals surface area contributed by atoms with Crippen LogP contribution in [0.4, 0.5) is 14.5 Å². The molecule has 1 unspecified atom stereocenters. The van der Waals surface area contributed by atoms with Gasteiger partial charge < -0.3 is 20.3 Å². The molecule has 3 aromatic carbocycles. The van der Waals surface area contributed by atoms with Gasteiger partial charge in [0.1, 0.15) is 36.1 Å². The van der Waals surface area contributed by atoms with E-state index in [0.717, 1.165) is 5.56 Å². The Hall–Kier alpha value is -4.86. The smallest absolute Gasteiger partial charge is 0.255 e. The molecular weight excluding hydrogens is 582 g/mol. The average Bonchev–Trinajstić information content (AvgIpc) is 3.37. The highest BCUT2D eigenvalue weighted by atomic mass is 19.1. The van der Waals surface area contributed by atoms with Gasteiger partial charge in [0.25, 0.3) is 5.91 Å². The molecule has 0 saturated carbocycles. The van der Waals surface area contributed by atoms with Crippen LogP contribution in [0.15, 0.2) is 54.6 Å². The van der Waals surface area contributed by atoms with Crippen LogP contribution < -0.4 is 20.7 Å². The number of nitriles is 1. The first-order chi connectivity index (χ1) is 21.8. The highest BCUT2D eigenvalue weighted by molar-refractivity contribution is 6.05. The number of hydrogen-bond acceptors (Lipinski definition) is 8. The van der Waals surface area contributed by atoms with Gasteiger partial charge in [0.15, 0.2) is 0 Å². The van der Waals surface area contributed by atoms with E-state index in [4.69, 9.17) is 15.7 Å². The van der Waals surface area contributed by atoms with E-state index in [2.05, 4.69) is 10.2 Å². The van der Waals surface area contributed by atoms with Crippen LogP contribution in [0.5, 0.6) is 5.75 Å². The first-order valence-electron chi connectivity index (χ1n) is 14.8. The Balaban J connectivity index is 1.09. The third kappa shape index (κ3) is 5.96. The summed E-state index contributed by atoms with van der Waals surface area (Å²) in [6.07, 6.45) is 0.422. The second kappa shape index (κ2) is 12.6. The van der Waals surface area contributed by atoms with Crippen LogP contribution in [0.2, 0.25) is 0 Å². The zero-order valence-electron chi connectivity index (χ0n) is 24.5. The predicted molar refractivity (Wildman–Crippen MR) is 160 cm³/mol. The zero-order valence-corrected chi connectivity index (χ0v) is 24.5. The first kappa shape index (κ1) is 30.2. The Morgan fingerprint density at radius 1 is 1.02 bits per heavy atom. The topological polar surface area (TPSA) is 132 Å². The standard InChI is InChI=1S/C33H32F2N6O4/c34-26-14-20(29(17-37)40-12-10-39(11-13-40)23-7-6-21(16-36)27(35)15-23)4-5-22(26)19-45-30-3-1-2-24-25(30)18-41(33(24)44)28-8-9-31(42)38-32(28)43/h1-7,14-15,28-29H,8-13,17-19,37H2,(H,38,42,43)/t28-,29?/m0/s1. The average molecular weight is 615 g/mol. The normalized spacial score (nSPS) is 19.2. The summed E-state index contributed by atoms with van der Waals surface area (Å²) in [4.78, 5) is 42.7. The maximum Gasteiger partial charge on any atom is 0.255 e. The number of carbonyl (C=O) groups excluding carboxylic acids is 3. The van der Waals surface area contributed by atoms with Crippen molar-refractivity contribution < 1.29 is 27.9 Å². The minimum atomic E-state index is -0.738. The largest absolute Gasteiger partial charge is 0.488 e. The molecule has 0 radical (unpaired) electrons. The number of piperidine rings is 1. The Bertz CT molecular complexity index is 1700. The monoisotopic (exact) mass is 614 g/mol. The number of rotatable bonds is 8. The predicted octanol–water partition coefficient (Wildman–Crippen LogP) is 3.00. The van der Waals surface area contributed by atoms with E-state index in [1.54, 1.807) is 30.3 Å². The molecule has 3 amide bonds. The van der Waals surface area contributed by atoms with Crippen LogP contribution in [0.1, 0.15) is 51.5 Å². The number of fused-ring (bicyclic) bond motifs is 1. The molecule has 2 atom stereocenters. The van der Waals surface area contributed by atoms with Gasteiger partial charge in [-0.3, -0.25) is 24.6 Å². The summed E-state index contributed by atoms with van der Waals surface area (Å²) in [7, 11) is 0. The first-order valence-corrected chi connectivity index (χ1v) is 14.8. The van der Waals surface area contributed by atoms with Crippen LogP contribution >= 0.6 is 0 Å². The summed E-state index contributed by atoms with van der Waals surface area (Å²) in [6, 6.07) is 15.5. The van der Waals surface area contributed by atoms with Gasteiger partial charge in [-0.2, -0.15) is 5.26 Å². The summed E-state index contributed by atoms with van der Waals surface area (Å²) >= 11 is 0. The fourth-order valence-electron chi connectivity index (χ4n) is 6.31. The number of hydrogen-bond donors (Lipinski definition) is 2. The van der Waals surface area contributed by atoms with Crippen molar-refractivity contribution in [1.29, 1.82) is 5.26 Å². The minimum Gasteiger partial charge on any atom is -0.488 e. The molecule has 10 nitrogen and oxygen atoms in total. The molecule has 6 rings (SSSR count). The van der Waals surface area contributed by atoms with Gasteiger partial charge in [0.05, 0.1) is 12.1 Å². The van der Waals surface area contributed by atoms with Gasteiger partial charge in [-0.15, -0.1) is 0 Å². The number of nitrogens with zero attached hydrogens (tertiary/aromatic N) is 4. The van der Waals surface area contributed by atoms with Gasteiger partial charge in [0, 0.05) is 67.6 Å². The molecule has 45 heavy (non-hydrogen) atoms. The number of amides is 3. The van der Waals surface area contributed by atoms with Gasteiger partial charge in [0.2, 0.25) is 11.8 Å². The Morgan fingerprint density at radius 2 is 1.82 bits per heavy atom. The summed E-state index contributed by atoms with van der Waals surface area (Å²) in [6.45, 7) is 2.91. The molecule has 2 saturated heterocycles. The van der Waals surface area contributed by atoms with E-state index in [1.165, 1.54) is 23.1 Å². The number of nitrogens with two attached hydrogens (primary N) is 1. The molecular formula is C33H32F2N6O4. The van der Waals surface area contributed by atoms with E-state index < -0.39 is 23.6 Å². The summed E-state index contributed by atoms with van der Waals surface area (Å²) in [5, 5.41) is 11.3. The van der Waals surface area contributed by atoms with Crippen LogP contribution in [0, 0.1) is 23.0 Å². The lowest BCUT2D eigenvalue weighted by Crippen LogP contribution is -2.52. The van der Waals surface area contributed by atoms with E-state index in [9.17, 15) is 18.8 Å². The molecule has 3 aliphatic heterocycles. The number of carbonyl (C=O) groups is 3. The molecule has 2 fully saturated rings. The number of benzene rings is 3. The lowest BCUT2D eigenvalue weighted by Gasteiger charge is -2.40. The van der Waals surface area contributed by atoms with Crippen molar-refractivity contribution in [3.63, 3.8) is 0 Å². The molecule has 12 heteroatoms. The van der Waals surface area contributed by atoms with Crippen LogP contribution in [0.25, 0.3) is 0 Å². The number of halogens is 2. The van der Waals surface area contributed by atoms with Crippen molar-refractivity contribution in [2.45, 2.75) is 38.1 Å². The fraction of sp³-hybridized carbons (Fsp3) is 0.333. The van der Waals surface area contributed by atoms with Gasteiger partial charge in [-0.25, -0.2) is 8.78 Å². The molecule has 0 bridgehead atoms. The Kier molecular flexibility index (Phi) is 8.47. The fourth-order valence-corrected chi connectivity index (χ4v) is 6.31. The Morgan fingerprint density at radius 3 is 2.51 bits per heavy atom. The van der Waals surface area contributed by atoms with Gasteiger partial charge >= 0.3 is 0 Å². The lowest BCUT2D eigenvalue weighted by molar-refractivity contribution is -0.136. The molecule has 3 N–H and O–H groups in total. The maximum absolute atomic E-state index is 15.4. The summed E-state index contributed by atoms with van der Waals surface area (Å²) in [5.74, 6) is -1.70. The van der Waals surface area contributed by atoms with Crippen molar-refractivity contribution >= 4 is 23.4 Å². The highest BCUT2D eigenvalue weighted by Crippen LogP contribution is 2.34. The van der Waals surface area contributed by atoms with E-state index in [0.29, 0.717) is 54.3 Å². The molecule has 0 spiro atoms. The van der Waals surface area contributed by atoms with E-state index in [1.807, 2.05) is 17.0 Å². The number of ether oxygens (including phenoxy) is 1. The third-order valence-electron chi connectivity index (χ3n) is 8.80. The Labute approximate surface area is 258 Å². The number of imide groups is 1. The van der Waals surface area contributed by atoms with Crippen molar-refractivity contribution in [2.24, 2.45) is 5.73 Å². The van der Waals surface area contributed by atoms with Gasteiger partial charge in [-0.05, 0) is 48.4 Å². The van der Waals surface area contributed by atoms with Crippen LogP contribution in [0.3, 0.4) is 0 Å². The van der Waals surface area contributed by atoms with Crippen molar-refractivity contribution in [3.05, 3.63) is 94.0 Å². The second-order valence-electron chi connectivity index (χ2n) is 11.4. The molecule has 3 aromatic rings. The summed E-state index contributed by atoms with van der Waals surface area (Å²) < 4.78 is 35.5. The lowest BCUT2D eigenvalue weighted by atomic mass is 10.0. The zero-order chi connectivity index (χ0) is 31.7. The SMILES string of the molecule is N#Cc1ccc(N2CCN(C(CN)c3ccc(COc4cccc5c4CN([C@H]4CCC(=O)NC4=O)C5=O)c(F)c3)CC2)cc1F.